The zero-order chi connectivity index (χ0) is 24.3. The van der Waals surface area contributed by atoms with E-state index in [9.17, 15) is 9.36 Å². The third kappa shape index (κ3) is 5.81. The Labute approximate surface area is 198 Å². The second-order valence-electron chi connectivity index (χ2n) is 8.87. The second-order valence-corrected chi connectivity index (χ2v) is 10.9. The van der Waals surface area contributed by atoms with Gasteiger partial charge in [-0.25, -0.2) is 19.6 Å². The van der Waals surface area contributed by atoms with E-state index in [1.807, 2.05) is 13.0 Å². The summed E-state index contributed by atoms with van der Waals surface area (Å²) in [6.07, 6.45) is 4.99. The summed E-state index contributed by atoms with van der Waals surface area (Å²) in [6, 6.07) is 7.99. The molecule has 0 saturated heterocycles. The fourth-order valence-corrected chi connectivity index (χ4v) is 5.38. The minimum Gasteiger partial charge on any atom is -0.462 e. The second kappa shape index (κ2) is 9.82. The van der Waals surface area contributed by atoms with E-state index in [1.54, 1.807) is 55.7 Å². The van der Waals surface area contributed by atoms with Crippen molar-refractivity contribution in [1.29, 1.82) is 0 Å². The van der Waals surface area contributed by atoms with Gasteiger partial charge in [0.25, 0.3) is 0 Å². The number of hydrogen-bond acceptors (Lipinski definition) is 8. The number of hydrogen-bond donors (Lipinski definition) is 1. The number of benzene rings is 1. The van der Waals surface area contributed by atoms with Crippen LogP contribution < -0.4 is 9.61 Å². The highest BCUT2D eigenvalue weighted by atomic mass is 31.2. The Hall–Kier alpha value is -2.81. The number of carbonyl (C=O) groups excluding carboxylic acids is 1. The maximum atomic E-state index is 13.8. The molecule has 1 fully saturated rings. The van der Waals surface area contributed by atoms with Crippen molar-refractivity contribution in [1.82, 2.24) is 24.7 Å². The molecule has 2 heterocycles. The van der Waals surface area contributed by atoms with E-state index in [0.29, 0.717) is 12.2 Å². The molecule has 1 unspecified atom stereocenters. The molecule has 1 saturated carbocycles. The molecule has 0 bridgehead atoms. The summed E-state index contributed by atoms with van der Waals surface area (Å²) < 4.78 is 32.8. The molecular formula is C23H30N5O5P. The highest BCUT2D eigenvalue weighted by Gasteiger charge is 2.47. The summed E-state index contributed by atoms with van der Waals surface area (Å²) in [5, 5.41) is 7.21. The number of para-hydroxylation sites is 1. The fraction of sp³-hybridized carbons (Fsp3) is 0.478. The smallest absolute Gasteiger partial charge is 0.342 e. The summed E-state index contributed by atoms with van der Waals surface area (Å²) in [5.41, 5.74) is 1.18. The summed E-state index contributed by atoms with van der Waals surface area (Å²) in [7, 11) is -3.62. The first-order valence-electron chi connectivity index (χ1n) is 11.3. The van der Waals surface area contributed by atoms with Crippen LogP contribution in [0.1, 0.15) is 45.0 Å². The van der Waals surface area contributed by atoms with Gasteiger partial charge < -0.3 is 14.0 Å². The van der Waals surface area contributed by atoms with Gasteiger partial charge in [0.1, 0.15) is 30.3 Å². The maximum absolute atomic E-state index is 13.8. The van der Waals surface area contributed by atoms with Crippen molar-refractivity contribution in [2.75, 3.05) is 6.35 Å². The molecule has 0 spiro atoms. The van der Waals surface area contributed by atoms with E-state index in [1.165, 1.54) is 6.33 Å². The summed E-state index contributed by atoms with van der Waals surface area (Å²) in [4.78, 5) is 20.8. The average molecular weight is 487 g/mol. The van der Waals surface area contributed by atoms with Gasteiger partial charge in [-0.15, -0.1) is 0 Å². The first kappa shape index (κ1) is 24.3. The summed E-state index contributed by atoms with van der Waals surface area (Å²) in [6.45, 7) is 6.98. The van der Waals surface area contributed by atoms with Crippen LogP contribution in [0.15, 0.2) is 42.9 Å². The van der Waals surface area contributed by atoms with E-state index in [4.69, 9.17) is 14.0 Å². The van der Waals surface area contributed by atoms with Crippen LogP contribution in [0.2, 0.25) is 0 Å². The summed E-state index contributed by atoms with van der Waals surface area (Å²) in [5.74, 6) is 0.662. The Balaban J connectivity index is 1.48. The first-order chi connectivity index (χ1) is 16.2. The van der Waals surface area contributed by atoms with Crippen LogP contribution in [0, 0.1) is 6.92 Å². The number of aryl methyl sites for hydroxylation is 1. The highest BCUT2D eigenvalue weighted by molar-refractivity contribution is 7.57. The summed E-state index contributed by atoms with van der Waals surface area (Å²) >= 11 is 0. The number of fused-ring (bicyclic) bond motifs is 1. The molecule has 10 nitrogen and oxygen atoms in total. The Bertz CT molecular complexity index is 1190. The fourth-order valence-electron chi connectivity index (χ4n) is 3.60. The van der Waals surface area contributed by atoms with Gasteiger partial charge in [-0.2, -0.15) is 5.10 Å². The van der Waals surface area contributed by atoms with Gasteiger partial charge in [0.15, 0.2) is 5.65 Å². The molecular weight excluding hydrogens is 457 g/mol. The zero-order valence-corrected chi connectivity index (χ0v) is 20.7. The van der Waals surface area contributed by atoms with E-state index >= 15 is 0 Å². The quantitative estimate of drug-likeness (QED) is 0.319. The SMILES string of the molecule is Cc1ncnc2c(CC3(OCP(=O)(N[C@@H](C)C(=O)OC(C)C)Oc4ccccc4)CC3)cnn12. The Morgan fingerprint density at radius 2 is 1.94 bits per heavy atom. The minimum atomic E-state index is -3.62. The molecule has 2 atom stereocenters. The van der Waals surface area contributed by atoms with E-state index in [-0.39, 0.29) is 12.5 Å². The topological polar surface area (TPSA) is 117 Å². The van der Waals surface area contributed by atoms with Crippen LogP contribution in [-0.2, 0) is 25.3 Å². The first-order valence-corrected chi connectivity index (χ1v) is 13.1. The highest BCUT2D eigenvalue weighted by Crippen LogP contribution is 2.50. The van der Waals surface area contributed by atoms with E-state index < -0.39 is 25.1 Å². The lowest BCUT2D eigenvalue weighted by Gasteiger charge is -2.26. The largest absolute Gasteiger partial charge is 0.462 e. The Kier molecular flexibility index (Phi) is 7.02. The van der Waals surface area contributed by atoms with Gasteiger partial charge in [-0.05, 0) is 52.7 Å². The van der Waals surface area contributed by atoms with Gasteiger partial charge in [-0.3, -0.25) is 9.36 Å². The molecule has 1 aromatic carbocycles. The van der Waals surface area contributed by atoms with Crippen LogP contribution >= 0.6 is 7.52 Å². The molecule has 11 heteroatoms. The van der Waals surface area contributed by atoms with Crippen molar-refractivity contribution in [3.8, 4) is 5.75 Å². The number of rotatable bonds is 11. The normalized spacial score (nSPS) is 17.3. The maximum Gasteiger partial charge on any atom is 0.342 e. The third-order valence-electron chi connectivity index (χ3n) is 5.50. The van der Waals surface area contributed by atoms with Crippen LogP contribution in [0.25, 0.3) is 5.65 Å². The zero-order valence-electron chi connectivity index (χ0n) is 19.8. The van der Waals surface area contributed by atoms with Gasteiger partial charge in [0, 0.05) is 12.0 Å². The van der Waals surface area contributed by atoms with Crippen LogP contribution in [-0.4, -0.2) is 49.6 Å². The molecule has 34 heavy (non-hydrogen) atoms. The molecule has 2 aromatic heterocycles. The van der Waals surface area contributed by atoms with E-state index in [0.717, 1.165) is 29.9 Å². The average Bonchev–Trinajstić information content (AvgIpc) is 3.44. The molecule has 3 aromatic rings. The molecule has 1 aliphatic carbocycles. The number of carbonyl (C=O) groups is 1. The lowest BCUT2D eigenvalue weighted by atomic mass is 10.1. The van der Waals surface area contributed by atoms with Crippen LogP contribution in [0.5, 0.6) is 5.75 Å². The minimum absolute atomic E-state index is 0.200. The van der Waals surface area contributed by atoms with Crippen molar-refractivity contribution in [3.63, 3.8) is 0 Å². The molecule has 4 rings (SSSR count). The molecule has 182 valence electrons. The number of esters is 1. The van der Waals surface area contributed by atoms with Crippen molar-refractivity contribution in [2.45, 2.75) is 64.7 Å². The van der Waals surface area contributed by atoms with Crippen molar-refractivity contribution < 1.29 is 23.4 Å². The van der Waals surface area contributed by atoms with Crippen LogP contribution in [0.3, 0.4) is 0 Å². The predicted octanol–water partition coefficient (Wildman–Crippen LogP) is 3.68. The third-order valence-corrected chi connectivity index (χ3v) is 7.26. The number of nitrogens with one attached hydrogen (secondary N) is 1. The Morgan fingerprint density at radius 1 is 1.21 bits per heavy atom. The van der Waals surface area contributed by atoms with Crippen LogP contribution in [0.4, 0.5) is 0 Å². The van der Waals surface area contributed by atoms with Crippen molar-refractivity contribution in [3.05, 3.63) is 54.2 Å². The number of aromatic nitrogens is 4. The molecule has 0 radical (unpaired) electrons. The monoisotopic (exact) mass is 487 g/mol. The standard InChI is InChI=1S/C23H30N5O5P/c1-16(2)32-22(29)17(3)27-34(30,33-20-8-6-5-7-9-20)15-31-23(10-11-23)12-19-13-26-28-18(4)24-14-25-21(19)28/h5-9,13-14,16-17H,10-12,15H2,1-4H3,(H,27,30)/t17-,34?/m0/s1. The van der Waals surface area contributed by atoms with Crippen molar-refractivity contribution >= 4 is 19.1 Å². The molecule has 0 amide bonds. The van der Waals surface area contributed by atoms with Gasteiger partial charge in [0.05, 0.1) is 17.9 Å². The lowest BCUT2D eigenvalue weighted by molar-refractivity contribution is -0.149. The van der Waals surface area contributed by atoms with Gasteiger partial charge in [-0.1, -0.05) is 18.2 Å². The van der Waals surface area contributed by atoms with E-state index in [2.05, 4.69) is 20.2 Å². The predicted molar refractivity (Wildman–Crippen MR) is 126 cm³/mol. The molecule has 0 aliphatic heterocycles. The van der Waals surface area contributed by atoms with Gasteiger partial charge >= 0.3 is 13.5 Å². The van der Waals surface area contributed by atoms with Crippen molar-refractivity contribution in [2.24, 2.45) is 0 Å². The Morgan fingerprint density at radius 3 is 2.62 bits per heavy atom. The van der Waals surface area contributed by atoms with Gasteiger partial charge in [0.2, 0.25) is 0 Å². The number of nitrogens with zero attached hydrogens (tertiary/aromatic N) is 4. The lowest BCUT2D eigenvalue weighted by Crippen LogP contribution is -2.37. The molecule has 1 aliphatic rings. The number of ether oxygens (including phenoxy) is 2. The molecule has 1 N–H and O–H groups in total.